The number of carbonyl (C=O) groups is 2. The first-order valence-corrected chi connectivity index (χ1v) is 14.1. The summed E-state index contributed by atoms with van der Waals surface area (Å²) in [6.45, 7) is 5.81. The summed E-state index contributed by atoms with van der Waals surface area (Å²) in [5.74, 6) is -0.116. The van der Waals surface area contributed by atoms with Crippen LogP contribution in [0.15, 0.2) is 46.9 Å². The summed E-state index contributed by atoms with van der Waals surface area (Å²) in [6, 6.07) is 11.6. The van der Waals surface area contributed by atoms with Crippen molar-refractivity contribution in [3.8, 4) is 5.75 Å². The van der Waals surface area contributed by atoms with Crippen molar-refractivity contribution in [3.63, 3.8) is 0 Å². The van der Waals surface area contributed by atoms with Crippen LogP contribution >= 0.6 is 15.9 Å². The molecule has 0 aromatic heterocycles. The number of rotatable bonds is 12. The lowest BCUT2D eigenvalue weighted by molar-refractivity contribution is -0.140. The van der Waals surface area contributed by atoms with Crippen LogP contribution in [0, 0.1) is 6.92 Å². The Bertz CT molecular complexity index is 1140. The van der Waals surface area contributed by atoms with Crippen molar-refractivity contribution in [2.75, 3.05) is 30.8 Å². The largest absolute Gasteiger partial charge is 0.497 e. The molecule has 8 nitrogen and oxygen atoms in total. The highest BCUT2D eigenvalue weighted by Gasteiger charge is 2.31. The molecule has 0 saturated carbocycles. The molecule has 2 amide bonds. The minimum Gasteiger partial charge on any atom is -0.497 e. The zero-order valence-electron chi connectivity index (χ0n) is 20.9. The Balaban J connectivity index is 2.45. The highest BCUT2D eigenvalue weighted by molar-refractivity contribution is 9.10. The predicted molar refractivity (Wildman–Crippen MR) is 142 cm³/mol. The number of anilines is 1. The molecule has 0 bridgehead atoms. The average molecular weight is 569 g/mol. The molecule has 35 heavy (non-hydrogen) atoms. The smallest absolute Gasteiger partial charge is 0.244 e. The van der Waals surface area contributed by atoms with Gasteiger partial charge in [-0.15, -0.1) is 0 Å². The van der Waals surface area contributed by atoms with E-state index < -0.39 is 28.5 Å². The highest BCUT2D eigenvalue weighted by Crippen LogP contribution is 2.25. The number of hydrogen-bond acceptors (Lipinski definition) is 5. The topological polar surface area (TPSA) is 96.0 Å². The minimum atomic E-state index is -3.78. The number of amides is 2. The van der Waals surface area contributed by atoms with Crippen molar-refractivity contribution in [1.82, 2.24) is 10.2 Å². The molecule has 192 valence electrons. The van der Waals surface area contributed by atoms with E-state index in [-0.39, 0.29) is 12.5 Å². The minimum absolute atomic E-state index is 0.130. The SMILES string of the molecule is CCCNC(=O)[C@H](CC)N(Cc1cccc(OC)c1)C(=O)CN(c1ccc(Br)c(C)c1)S(C)(=O)=O. The van der Waals surface area contributed by atoms with E-state index in [1.54, 1.807) is 37.4 Å². The van der Waals surface area contributed by atoms with Gasteiger partial charge in [-0.25, -0.2) is 8.42 Å². The number of sulfonamides is 1. The van der Waals surface area contributed by atoms with Crippen LogP contribution in [0.25, 0.3) is 0 Å². The van der Waals surface area contributed by atoms with Gasteiger partial charge in [-0.2, -0.15) is 0 Å². The number of ether oxygens (including phenoxy) is 1. The quantitative estimate of drug-likeness (QED) is 0.420. The lowest BCUT2D eigenvalue weighted by Crippen LogP contribution is -2.52. The van der Waals surface area contributed by atoms with Gasteiger partial charge in [-0.3, -0.25) is 13.9 Å². The second-order valence-corrected chi connectivity index (χ2v) is 11.1. The van der Waals surface area contributed by atoms with Crippen LogP contribution in [0.1, 0.15) is 37.8 Å². The summed E-state index contributed by atoms with van der Waals surface area (Å²) in [5, 5.41) is 2.86. The Hall–Kier alpha value is -2.59. The fourth-order valence-corrected chi connectivity index (χ4v) is 4.74. The van der Waals surface area contributed by atoms with E-state index in [0.717, 1.165) is 32.6 Å². The maximum atomic E-state index is 13.7. The molecular formula is C25H34BrN3O5S. The van der Waals surface area contributed by atoms with Gasteiger partial charge in [0.25, 0.3) is 0 Å². The number of hydrogen-bond donors (Lipinski definition) is 1. The van der Waals surface area contributed by atoms with Gasteiger partial charge in [-0.1, -0.05) is 41.9 Å². The fraction of sp³-hybridized carbons (Fsp3) is 0.440. The van der Waals surface area contributed by atoms with Crippen LogP contribution < -0.4 is 14.4 Å². The summed E-state index contributed by atoms with van der Waals surface area (Å²) in [7, 11) is -2.22. The Morgan fingerprint density at radius 3 is 2.43 bits per heavy atom. The van der Waals surface area contributed by atoms with Crippen LogP contribution in [0.3, 0.4) is 0 Å². The Kier molecular flexibility index (Phi) is 10.6. The molecular weight excluding hydrogens is 534 g/mol. The van der Waals surface area contributed by atoms with Gasteiger partial charge in [-0.05, 0) is 61.2 Å². The maximum absolute atomic E-state index is 13.7. The second-order valence-electron chi connectivity index (χ2n) is 8.29. The number of nitrogens with one attached hydrogen (secondary N) is 1. The fourth-order valence-electron chi connectivity index (χ4n) is 3.65. The van der Waals surface area contributed by atoms with Gasteiger partial charge in [0.15, 0.2) is 0 Å². The highest BCUT2D eigenvalue weighted by atomic mass is 79.9. The first-order chi connectivity index (χ1) is 16.5. The molecule has 0 heterocycles. The van der Waals surface area contributed by atoms with Gasteiger partial charge in [0.05, 0.1) is 19.1 Å². The first-order valence-electron chi connectivity index (χ1n) is 11.5. The summed E-state index contributed by atoms with van der Waals surface area (Å²) >= 11 is 3.42. The molecule has 1 atom stereocenters. The van der Waals surface area contributed by atoms with Crippen LogP contribution in [0.2, 0.25) is 0 Å². The molecule has 1 N–H and O–H groups in total. The number of methoxy groups -OCH3 is 1. The van der Waals surface area contributed by atoms with Crippen LogP contribution in [-0.2, 0) is 26.2 Å². The lowest BCUT2D eigenvalue weighted by atomic mass is 10.1. The normalized spacial score (nSPS) is 12.1. The van der Waals surface area contributed by atoms with Gasteiger partial charge in [0, 0.05) is 17.6 Å². The first kappa shape index (κ1) is 28.6. The van der Waals surface area contributed by atoms with Gasteiger partial charge < -0.3 is 15.0 Å². The summed E-state index contributed by atoms with van der Waals surface area (Å²) in [6.07, 6.45) is 2.20. The molecule has 10 heteroatoms. The van der Waals surface area contributed by atoms with Crippen molar-refractivity contribution in [1.29, 1.82) is 0 Å². The van der Waals surface area contributed by atoms with Gasteiger partial charge in [0.1, 0.15) is 18.3 Å². The zero-order valence-corrected chi connectivity index (χ0v) is 23.3. The standard InChI is InChI=1S/C25H34BrN3O5S/c1-6-13-27-25(31)23(7-2)28(16-19-9-8-10-21(15-19)34-4)24(30)17-29(35(5,32)33)20-11-12-22(26)18(3)14-20/h8-12,14-15,23H,6-7,13,16-17H2,1-5H3,(H,27,31)/t23-/m0/s1. The van der Waals surface area contributed by atoms with E-state index in [0.29, 0.717) is 24.4 Å². The molecule has 0 spiro atoms. The van der Waals surface area contributed by atoms with Crippen molar-refractivity contribution >= 4 is 43.5 Å². The molecule has 0 aliphatic carbocycles. The van der Waals surface area contributed by atoms with Crippen molar-refractivity contribution in [3.05, 3.63) is 58.1 Å². The summed E-state index contributed by atoms with van der Waals surface area (Å²) in [4.78, 5) is 28.1. The molecule has 0 fully saturated rings. The lowest BCUT2D eigenvalue weighted by Gasteiger charge is -2.33. The van der Waals surface area contributed by atoms with Gasteiger partial charge >= 0.3 is 0 Å². The molecule has 0 radical (unpaired) electrons. The molecule has 0 aliphatic rings. The Morgan fingerprint density at radius 1 is 1.14 bits per heavy atom. The number of halogens is 1. The number of benzene rings is 2. The molecule has 0 saturated heterocycles. The molecule has 0 aliphatic heterocycles. The predicted octanol–water partition coefficient (Wildman–Crippen LogP) is 3.87. The molecule has 0 unspecified atom stereocenters. The van der Waals surface area contributed by atoms with Gasteiger partial charge in [0.2, 0.25) is 21.8 Å². The summed E-state index contributed by atoms with van der Waals surface area (Å²) < 4.78 is 32.6. The monoisotopic (exact) mass is 567 g/mol. The third kappa shape index (κ3) is 7.96. The van der Waals surface area contributed by atoms with Crippen molar-refractivity contribution < 1.29 is 22.7 Å². The third-order valence-electron chi connectivity index (χ3n) is 5.53. The van der Waals surface area contributed by atoms with Crippen LogP contribution in [0.5, 0.6) is 5.75 Å². The van der Waals surface area contributed by atoms with Crippen LogP contribution in [0.4, 0.5) is 5.69 Å². The molecule has 2 aromatic rings. The van der Waals surface area contributed by atoms with E-state index in [1.807, 2.05) is 32.9 Å². The van der Waals surface area contributed by atoms with Crippen molar-refractivity contribution in [2.24, 2.45) is 0 Å². The maximum Gasteiger partial charge on any atom is 0.244 e. The van der Waals surface area contributed by atoms with Crippen molar-refractivity contribution in [2.45, 2.75) is 46.2 Å². The Labute approximate surface area is 216 Å². The van der Waals surface area contributed by atoms with Crippen LogP contribution in [-0.4, -0.2) is 57.6 Å². The Morgan fingerprint density at radius 2 is 1.86 bits per heavy atom. The molecule has 2 rings (SSSR count). The average Bonchev–Trinajstić information content (AvgIpc) is 2.82. The number of aryl methyl sites for hydroxylation is 1. The number of carbonyl (C=O) groups excluding carboxylic acids is 2. The summed E-state index contributed by atoms with van der Waals surface area (Å²) in [5.41, 5.74) is 1.98. The van der Waals surface area contributed by atoms with E-state index in [4.69, 9.17) is 4.74 Å². The second kappa shape index (κ2) is 12.9. The van der Waals surface area contributed by atoms with E-state index in [2.05, 4.69) is 21.2 Å². The van der Waals surface area contributed by atoms with E-state index in [1.165, 1.54) is 4.90 Å². The zero-order chi connectivity index (χ0) is 26.2. The number of nitrogens with zero attached hydrogens (tertiary/aromatic N) is 2. The van der Waals surface area contributed by atoms with E-state index >= 15 is 0 Å². The third-order valence-corrected chi connectivity index (χ3v) is 7.56. The molecule has 2 aromatic carbocycles. The van der Waals surface area contributed by atoms with E-state index in [9.17, 15) is 18.0 Å².